The van der Waals surface area contributed by atoms with Crippen molar-refractivity contribution in [1.82, 2.24) is 15.2 Å². The molecular formula is C16H20FN3OS. The molecule has 6 heteroatoms. The summed E-state index contributed by atoms with van der Waals surface area (Å²) < 4.78 is 12.9. The van der Waals surface area contributed by atoms with Crippen molar-refractivity contribution in [2.24, 2.45) is 0 Å². The van der Waals surface area contributed by atoms with Crippen molar-refractivity contribution in [2.75, 3.05) is 27.2 Å². The average molecular weight is 321 g/mol. The van der Waals surface area contributed by atoms with Crippen molar-refractivity contribution < 1.29 is 9.18 Å². The normalized spacial score (nSPS) is 10.7. The van der Waals surface area contributed by atoms with Crippen LogP contribution in [0.5, 0.6) is 0 Å². The van der Waals surface area contributed by atoms with Crippen LogP contribution in [0.4, 0.5) is 4.39 Å². The Labute approximate surface area is 134 Å². The number of aromatic nitrogens is 1. The summed E-state index contributed by atoms with van der Waals surface area (Å²) in [4.78, 5) is 18.2. The fraction of sp³-hybridized carbons (Fsp3) is 0.375. The summed E-state index contributed by atoms with van der Waals surface area (Å²) in [7, 11) is 3.66. The van der Waals surface area contributed by atoms with Gasteiger partial charge in [0.15, 0.2) is 0 Å². The molecule has 0 aliphatic carbocycles. The molecule has 1 N–H and O–H groups in total. The van der Waals surface area contributed by atoms with Crippen LogP contribution in [0.3, 0.4) is 0 Å². The van der Waals surface area contributed by atoms with E-state index in [1.54, 1.807) is 24.1 Å². The maximum atomic E-state index is 12.9. The maximum absolute atomic E-state index is 12.9. The van der Waals surface area contributed by atoms with E-state index in [-0.39, 0.29) is 11.7 Å². The van der Waals surface area contributed by atoms with E-state index >= 15 is 0 Å². The number of hydrogen-bond acceptors (Lipinski definition) is 4. The van der Waals surface area contributed by atoms with Gasteiger partial charge in [0.1, 0.15) is 5.82 Å². The van der Waals surface area contributed by atoms with Crippen molar-refractivity contribution in [1.29, 1.82) is 0 Å². The fourth-order valence-electron chi connectivity index (χ4n) is 1.98. The first-order chi connectivity index (χ1) is 10.6. The van der Waals surface area contributed by atoms with Crippen LogP contribution in [0.25, 0.3) is 0 Å². The Bertz CT molecular complexity index is 612. The van der Waals surface area contributed by atoms with Gasteiger partial charge in [0.25, 0.3) is 0 Å². The lowest BCUT2D eigenvalue weighted by molar-refractivity contribution is -0.129. The minimum atomic E-state index is -0.237. The minimum Gasteiger partial charge on any atom is -0.344 e. The molecular weight excluding hydrogens is 301 g/mol. The average Bonchev–Trinajstić information content (AvgIpc) is 2.94. The van der Waals surface area contributed by atoms with Gasteiger partial charge in [-0.1, -0.05) is 12.1 Å². The number of amides is 1. The molecule has 0 atom stereocenters. The molecule has 2 rings (SSSR count). The molecule has 0 fully saturated rings. The number of hydrogen-bond donors (Lipinski definition) is 1. The third-order valence-corrected chi connectivity index (χ3v) is 4.22. The number of rotatable bonds is 7. The first kappa shape index (κ1) is 16.6. The van der Waals surface area contributed by atoms with Crippen LogP contribution in [-0.4, -0.2) is 43.0 Å². The van der Waals surface area contributed by atoms with Gasteiger partial charge in [0.2, 0.25) is 5.91 Å². The quantitative estimate of drug-likeness (QED) is 0.849. The van der Waals surface area contributed by atoms with Crippen molar-refractivity contribution >= 4 is 17.2 Å². The molecule has 0 saturated heterocycles. The first-order valence-electron chi connectivity index (χ1n) is 7.15. The molecule has 1 heterocycles. The van der Waals surface area contributed by atoms with Crippen LogP contribution in [-0.2, 0) is 17.6 Å². The second kappa shape index (κ2) is 8.00. The highest BCUT2D eigenvalue weighted by molar-refractivity contribution is 7.09. The van der Waals surface area contributed by atoms with E-state index in [2.05, 4.69) is 10.3 Å². The molecule has 0 saturated carbocycles. The van der Waals surface area contributed by atoms with Gasteiger partial charge in [-0.3, -0.25) is 4.79 Å². The Hall–Kier alpha value is -1.79. The Morgan fingerprint density at radius 2 is 2.09 bits per heavy atom. The zero-order valence-corrected chi connectivity index (χ0v) is 13.6. The van der Waals surface area contributed by atoms with Crippen LogP contribution in [0.2, 0.25) is 0 Å². The van der Waals surface area contributed by atoms with Crippen molar-refractivity contribution in [3.63, 3.8) is 0 Å². The van der Waals surface area contributed by atoms with Gasteiger partial charge in [-0.05, 0) is 24.7 Å². The molecule has 22 heavy (non-hydrogen) atoms. The van der Waals surface area contributed by atoms with Crippen molar-refractivity contribution in [2.45, 2.75) is 12.8 Å². The smallest absolute Gasteiger partial charge is 0.228 e. The third-order valence-electron chi connectivity index (χ3n) is 3.32. The van der Waals surface area contributed by atoms with Gasteiger partial charge in [-0.15, -0.1) is 11.3 Å². The zero-order chi connectivity index (χ0) is 15.9. The molecule has 1 amide bonds. The topological polar surface area (TPSA) is 45.2 Å². The summed E-state index contributed by atoms with van der Waals surface area (Å²) in [6.45, 7) is 1.46. The van der Waals surface area contributed by atoms with Crippen LogP contribution in [0.15, 0.2) is 29.6 Å². The molecule has 118 valence electrons. The van der Waals surface area contributed by atoms with Gasteiger partial charge in [0.05, 0.1) is 17.1 Å². The number of thiazole rings is 1. The Balaban J connectivity index is 1.91. The minimum absolute atomic E-state index is 0.0638. The highest BCUT2D eigenvalue weighted by atomic mass is 32.1. The Kier molecular flexibility index (Phi) is 6.03. The second-order valence-electron chi connectivity index (χ2n) is 5.13. The predicted molar refractivity (Wildman–Crippen MR) is 86.6 cm³/mol. The summed E-state index contributed by atoms with van der Waals surface area (Å²) in [6.07, 6.45) is 0.981. The van der Waals surface area contributed by atoms with Crippen LogP contribution >= 0.6 is 11.3 Å². The Morgan fingerprint density at radius 3 is 2.77 bits per heavy atom. The molecule has 1 aromatic heterocycles. The molecule has 0 aliphatic rings. The number of likely N-dealkylation sites (N-methyl/N-ethyl adjacent to an activating group) is 2. The number of nitrogens with zero attached hydrogens (tertiary/aromatic N) is 2. The van der Waals surface area contributed by atoms with E-state index in [9.17, 15) is 9.18 Å². The number of nitrogens with one attached hydrogen (secondary N) is 1. The highest BCUT2D eigenvalue weighted by Gasteiger charge is 2.12. The number of carbonyl (C=O) groups is 1. The largest absolute Gasteiger partial charge is 0.344 e. The third kappa shape index (κ3) is 4.89. The van der Waals surface area contributed by atoms with E-state index in [4.69, 9.17) is 0 Å². The van der Waals surface area contributed by atoms with Gasteiger partial charge in [-0.25, -0.2) is 9.37 Å². The molecule has 0 bridgehead atoms. The summed E-state index contributed by atoms with van der Waals surface area (Å²) in [5, 5.41) is 5.88. The Morgan fingerprint density at radius 1 is 1.36 bits per heavy atom. The SMILES string of the molecule is CNCCN(C)C(=O)Cc1csc(Cc2ccc(F)cc2)n1. The van der Waals surface area contributed by atoms with Crippen molar-refractivity contribution in [3.05, 3.63) is 51.7 Å². The van der Waals surface area contributed by atoms with Gasteiger partial charge in [0, 0.05) is 31.9 Å². The number of benzene rings is 1. The monoisotopic (exact) mass is 321 g/mol. The highest BCUT2D eigenvalue weighted by Crippen LogP contribution is 2.16. The summed E-state index contributed by atoms with van der Waals surface area (Å²) in [5.41, 5.74) is 1.81. The van der Waals surface area contributed by atoms with Gasteiger partial charge < -0.3 is 10.2 Å². The maximum Gasteiger partial charge on any atom is 0.228 e. The number of halogens is 1. The van der Waals surface area contributed by atoms with Crippen LogP contribution in [0, 0.1) is 5.82 Å². The van der Waals surface area contributed by atoms with E-state index in [1.807, 2.05) is 12.4 Å². The zero-order valence-electron chi connectivity index (χ0n) is 12.8. The van der Waals surface area contributed by atoms with Crippen molar-refractivity contribution in [3.8, 4) is 0 Å². The van der Waals surface area contributed by atoms with E-state index < -0.39 is 0 Å². The van der Waals surface area contributed by atoms with Gasteiger partial charge in [-0.2, -0.15) is 0 Å². The predicted octanol–water partition coefficient (Wildman–Crippen LogP) is 2.09. The van der Waals surface area contributed by atoms with E-state index in [0.29, 0.717) is 19.4 Å². The fourth-order valence-corrected chi connectivity index (χ4v) is 2.81. The number of carbonyl (C=O) groups excluding carboxylic acids is 1. The van der Waals surface area contributed by atoms with E-state index in [1.165, 1.54) is 23.5 Å². The van der Waals surface area contributed by atoms with E-state index in [0.717, 1.165) is 22.8 Å². The molecule has 4 nitrogen and oxygen atoms in total. The molecule has 2 aromatic rings. The summed E-state index contributed by atoms with van der Waals surface area (Å²) in [5.74, 6) is -0.173. The van der Waals surface area contributed by atoms with Gasteiger partial charge >= 0.3 is 0 Å². The standard InChI is InChI=1S/C16H20FN3OS/c1-18-7-8-20(2)16(21)10-14-11-22-15(19-14)9-12-3-5-13(17)6-4-12/h3-6,11,18H,7-10H2,1-2H3. The molecule has 0 unspecified atom stereocenters. The lowest BCUT2D eigenvalue weighted by Gasteiger charge is -2.16. The summed E-state index contributed by atoms with van der Waals surface area (Å²) in [6, 6.07) is 6.41. The lowest BCUT2D eigenvalue weighted by Crippen LogP contribution is -2.33. The lowest BCUT2D eigenvalue weighted by atomic mass is 10.1. The molecule has 0 radical (unpaired) electrons. The first-order valence-corrected chi connectivity index (χ1v) is 8.02. The molecule has 0 spiro atoms. The second-order valence-corrected chi connectivity index (χ2v) is 6.07. The van der Waals surface area contributed by atoms with Crippen LogP contribution in [0.1, 0.15) is 16.3 Å². The molecule has 0 aliphatic heterocycles. The van der Waals surface area contributed by atoms with Crippen LogP contribution < -0.4 is 5.32 Å². The molecule has 1 aromatic carbocycles. The summed E-state index contributed by atoms with van der Waals surface area (Å²) >= 11 is 1.53.